The summed E-state index contributed by atoms with van der Waals surface area (Å²) in [5, 5.41) is 3.46. The highest BCUT2D eigenvalue weighted by atomic mass is 16.5. The zero-order valence-electron chi connectivity index (χ0n) is 14.7. The molecule has 128 valence electrons. The van der Waals surface area contributed by atoms with Gasteiger partial charge in [0.05, 0.1) is 0 Å². The second-order valence-corrected chi connectivity index (χ2v) is 6.60. The van der Waals surface area contributed by atoms with Gasteiger partial charge in [-0.2, -0.15) is 0 Å². The van der Waals surface area contributed by atoms with Gasteiger partial charge in [-0.15, -0.1) is 0 Å². The fraction of sp³-hybridized carbons (Fsp3) is 0.429. The fourth-order valence-electron chi connectivity index (χ4n) is 3.47. The predicted molar refractivity (Wildman–Crippen MR) is 99.6 cm³/mol. The molecule has 2 aromatic rings. The number of nitrogens with one attached hydrogen (secondary N) is 1. The zero-order chi connectivity index (χ0) is 16.8. The molecule has 3 rings (SSSR count). The van der Waals surface area contributed by atoms with Crippen LogP contribution in [0.25, 0.3) is 0 Å². The van der Waals surface area contributed by atoms with Gasteiger partial charge in [-0.3, -0.25) is 4.90 Å². The topological polar surface area (TPSA) is 24.5 Å². The van der Waals surface area contributed by atoms with E-state index in [2.05, 4.69) is 42.3 Å². The van der Waals surface area contributed by atoms with Gasteiger partial charge in [0.2, 0.25) is 0 Å². The van der Waals surface area contributed by atoms with Crippen molar-refractivity contribution in [2.45, 2.75) is 26.3 Å². The van der Waals surface area contributed by atoms with E-state index in [0.29, 0.717) is 12.0 Å². The Balaban J connectivity index is 1.83. The molecule has 1 heterocycles. The van der Waals surface area contributed by atoms with Crippen molar-refractivity contribution in [3.05, 3.63) is 60.2 Å². The van der Waals surface area contributed by atoms with Crippen LogP contribution in [0.2, 0.25) is 0 Å². The van der Waals surface area contributed by atoms with Gasteiger partial charge < -0.3 is 10.1 Å². The monoisotopic (exact) mass is 324 g/mol. The summed E-state index contributed by atoms with van der Waals surface area (Å²) in [5.41, 5.74) is 1.36. The smallest absolute Gasteiger partial charge is 0.127 e. The second-order valence-electron chi connectivity index (χ2n) is 6.60. The number of rotatable bonds is 6. The Morgan fingerprint density at radius 2 is 1.71 bits per heavy atom. The van der Waals surface area contributed by atoms with Crippen molar-refractivity contribution in [1.82, 2.24) is 10.2 Å². The largest absolute Gasteiger partial charge is 0.457 e. The molecule has 1 fully saturated rings. The predicted octanol–water partition coefficient (Wildman–Crippen LogP) is 4.47. The summed E-state index contributed by atoms with van der Waals surface area (Å²) in [6.45, 7) is 9.01. The van der Waals surface area contributed by atoms with Crippen LogP contribution in [0.3, 0.4) is 0 Å². The maximum absolute atomic E-state index is 6.04. The second kappa shape index (κ2) is 8.32. The van der Waals surface area contributed by atoms with Gasteiger partial charge in [0.1, 0.15) is 11.5 Å². The fourth-order valence-corrected chi connectivity index (χ4v) is 3.47. The minimum absolute atomic E-state index is 0.455. The normalized spacial score (nSPS) is 18.1. The summed E-state index contributed by atoms with van der Waals surface area (Å²) in [4.78, 5) is 2.62. The van der Waals surface area contributed by atoms with Gasteiger partial charge in [0.15, 0.2) is 0 Å². The summed E-state index contributed by atoms with van der Waals surface area (Å²) < 4.78 is 6.04. The lowest BCUT2D eigenvalue weighted by Crippen LogP contribution is -2.46. The van der Waals surface area contributed by atoms with Crippen molar-refractivity contribution in [1.29, 1.82) is 0 Å². The maximum Gasteiger partial charge on any atom is 0.127 e. The number of ether oxygens (including phenoxy) is 1. The highest BCUT2D eigenvalue weighted by Gasteiger charge is 2.26. The number of para-hydroxylation sites is 1. The SMILES string of the molecule is CCC(C)[C@@H](c1cccc(Oc2ccccc2)c1)N1CCNCC1. The van der Waals surface area contributed by atoms with Crippen molar-refractivity contribution < 1.29 is 4.74 Å². The minimum atomic E-state index is 0.455. The molecule has 0 aromatic heterocycles. The first kappa shape index (κ1) is 17.0. The van der Waals surface area contributed by atoms with Crippen molar-refractivity contribution in [2.75, 3.05) is 26.2 Å². The highest BCUT2D eigenvalue weighted by Crippen LogP contribution is 2.33. The average molecular weight is 324 g/mol. The summed E-state index contributed by atoms with van der Waals surface area (Å²) in [6.07, 6.45) is 1.18. The Kier molecular flexibility index (Phi) is 5.89. The Morgan fingerprint density at radius 1 is 1.00 bits per heavy atom. The van der Waals surface area contributed by atoms with Crippen LogP contribution in [-0.2, 0) is 0 Å². The Morgan fingerprint density at radius 3 is 2.42 bits per heavy atom. The molecular weight excluding hydrogens is 296 g/mol. The van der Waals surface area contributed by atoms with E-state index in [9.17, 15) is 0 Å². The number of piperazine rings is 1. The molecule has 24 heavy (non-hydrogen) atoms. The van der Waals surface area contributed by atoms with Gasteiger partial charge in [0, 0.05) is 32.2 Å². The molecule has 1 unspecified atom stereocenters. The lowest BCUT2D eigenvalue weighted by molar-refractivity contribution is 0.128. The van der Waals surface area contributed by atoms with E-state index in [-0.39, 0.29) is 0 Å². The van der Waals surface area contributed by atoms with Crippen molar-refractivity contribution in [2.24, 2.45) is 5.92 Å². The zero-order valence-corrected chi connectivity index (χ0v) is 14.7. The maximum atomic E-state index is 6.04. The van der Waals surface area contributed by atoms with Crippen LogP contribution >= 0.6 is 0 Å². The van der Waals surface area contributed by atoms with Crippen molar-refractivity contribution in [3.63, 3.8) is 0 Å². The molecule has 1 aliphatic rings. The van der Waals surface area contributed by atoms with E-state index in [4.69, 9.17) is 4.74 Å². The van der Waals surface area contributed by atoms with Crippen LogP contribution in [0.5, 0.6) is 11.5 Å². The first-order chi connectivity index (χ1) is 11.8. The Labute approximate surface area is 145 Å². The van der Waals surface area contributed by atoms with E-state index < -0.39 is 0 Å². The van der Waals surface area contributed by atoms with Crippen molar-refractivity contribution in [3.8, 4) is 11.5 Å². The first-order valence-corrected chi connectivity index (χ1v) is 9.05. The summed E-state index contributed by atoms with van der Waals surface area (Å²) in [7, 11) is 0. The van der Waals surface area contributed by atoms with E-state index in [1.165, 1.54) is 12.0 Å². The van der Waals surface area contributed by atoms with Crippen LogP contribution in [0.1, 0.15) is 31.9 Å². The summed E-state index contributed by atoms with van der Waals surface area (Å²) >= 11 is 0. The van der Waals surface area contributed by atoms with Crippen LogP contribution in [-0.4, -0.2) is 31.1 Å². The van der Waals surface area contributed by atoms with Crippen molar-refractivity contribution >= 4 is 0 Å². The Bertz CT molecular complexity index is 623. The molecule has 0 spiro atoms. The number of benzene rings is 2. The molecule has 0 aliphatic carbocycles. The van der Waals surface area contributed by atoms with E-state index in [1.807, 2.05) is 36.4 Å². The number of hydrogen-bond donors (Lipinski definition) is 1. The molecular formula is C21H28N2O. The number of hydrogen-bond acceptors (Lipinski definition) is 3. The van der Waals surface area contributed by atoms with Gasteiger partial charge >= 0.3 is 0 Å². The molecule has 1 aliphatic heterocycles. The summed E-state index contributed by atoms with van der Waals surface area (Å²) in [6, 6.07) is 19.1. The molecule has 0 radical (unpaired) electrons. The van der Waals surface area contributed by atoms with Gasteiger partial charge in [0.25, 0.3) is 0 Å². The molecule has 3 nitrogen and oxygen atoms in total. The van der Waals surface area contributed by atoms with E-state index >= 15 is 0 Å². The molecule has 3 heteroatoms. The third-order valence-corrected chi connectivity index (χ3v) is 4.91. The third-order valence-electron chi connectivity index (χ3n) is 4.91. The van der Waals surface area contributed by atoms with E-state index in [0.717, 1.165) is 37.7 Å². The minimum Gasteiger partial charge on any atom is -0.457 e. The van der Waals surface area contributed by atoms with Crippen LogP contribution in [0.4, 0.5) is 0 Å². The molecule has 0 amide bonds. The molecule has 1 N–H and O–H groups in total. The van der Waals surface area contributed by atoms with Crippen LogP contribution in [0, 0.1) is 5.92 Å². The van der Waals surface area contributed by atoms with Crippen LogP contribution in [0.15, 0.2) is 54.6 Å². The third kappa shape index (κ3) is 4.16. The quantitative estimate of drug-likeness (QED) is 0.848. The van der Waals surface area contributed by atoms with Crippen LogP contribution < -0.4 is 10.1 Å². The highest BCUT2D eigenvalue weighted by molar-refractivity contribution is 5.35. The molecule has 2 atom stereocenters. The lowest BCUT2D eigenvalue weighted by atomic mass is 9.90. The van der Waals surface area contributed by atoms with E-state index in [1.54, 1.807) is 0 Å². The standard InChI is InChI=1S/C21H28N2O/c1-3-17(2)21(23-14-12-22-13-15-23)18-8-7-11-20(16-18)24-19-9-5-4-6-10-19/h4-11,16-17,21-22H,3,12-15H2,1-2H3/t17?,21-/m0/s1. The lowest BCUT2D eigenvalue weighted by Gasteiger charge is -2.38. The first-order valence-electron chi connectivity index (χ1n) is 9.05. The van der Waals surface area contributed by atoms with Gasteiger partial charge in [-0.05, 0) is 35.7 Å². The number of nitrogens with zero attached hydrogens (tertiary/aromatic N) is 1. The van der Waals surface area contributed by atoms with Gasteiger partial charge in [-0.1, -0.05) is 50.6 Å². The summed E-state index contributed by atoms with van der Waals surface area (Å²) in [5.74, 6) is 2.43. The molecule has 0 saturated carbocycles. The Hall–Kier alpha value is -1.84. The molecule has 1 saturated heterocycles. The average Bonchev–Trinajstić information content (AvgIpc) is 2.64. The van der Waals surface area contributed by atoms with Gasteiger partial charge in [-0.25, -0.2) is 0 Å². The molecule has 2 aromatic carbocycles. The molecule has 0 bridgehead atoms.